The molecule has 0 saturated heterocycles. The normalized spacial score (nSPS) is 13.7. The van der Waals surface area contributed by atoms with Gasteiger partial charge >= 0.3 is 5.97 Å². The number of nitrogens with zero attached hydrogens (tertiary/aromatic N) is 2. The Bertz CT molecular complexity index is 744. The van der Waals surface area contributed by atoms with Crippen LogP contribution in [-0.2, 0) is 11.3 Å². The third-order valence-electron chi connectivity index (χ3n) is 3.36. The molecule has 0 atom stereocenters. The van der Waals surface area contributed by atoms with Crippen molar-refractivity contribution in [2.75, 3.05) is 13.2 Å². The maximum absolute atomic E-state index is 12.2. The smallest absolute Gasteiger partial charge is 0.338 e. The standard InChI is InChI=1S/C16H17ClN2O5/c1-9(2)15-18-13(24-19-15)8-23-16(20)10-6-11(17)14-12(7-10)21-4-3-5-22-14/h6-7,9H,3-5,8H2,1-2H3. The zero-order chi connectivity index (χ0) is 17.1. The summed E-state index contributed by atoms with van der Waals surface area (Å²) in [5, 5.41) is 4.12. The zero-order valence-electron chi connectivity index (χ0n) is 13.4. The number of ether oxygens (including phenoxy) is 3. The number of fused-ring (bicyclic) bond motifs is 1. The van der Waals surface area contributed by atoms with Gasteiger partial charge in [-0.05, 0) is 12.1 Å². The van der Waals surface area contributed by atoms with E-state index in [-0.39, 0.29) is 24.0 Å². The predicted molar refractivity (Wildman–Crippen MR) is 84.6 cm³/mol. The largest absolute Gasteiger partial charge is 0.489 e. The lowest BCUT2D eigenvalue weighted by Crippen LogP contribution is -2.06. The Kier molecular flexibility index (Phi) is 4.89. The summed E-state index contributed by atoms with van der Waals surface area (Å²) in [6.45, 7) is 4.80. The number of aromatic nitrogens is 2. The monoisotopic (exact) mass is 352 g/mol. The highest BCUT2D eigenvalue weighted by Gasteiger charge is 2.20. The van der Waals surface area contributed by atoms with Crippen molar-refractivity contribution in [3.05, 3.63) is 34.4 Å². The van der Waals surface area contributed by atoms with Crippen LogP contribution in [0.25, 0.3) is 0 Å². The molecule has 3 rings (SSSR count). The minimum Gasteiger partial charge on any atom is -0.489 e. The van der Waals surface area contributed by atoms with E-state index in [1.807, 2.05) is 13.8 Å². The number of rotatable bonds is 4. The van der Waals surface area contributed by atoms with Crippen LogP contribution in [0, 0.1) is 0 Å². The molecule has 0 N–H and O–H groups in total. The molecule has 7 nitrogen and oxygen atoms in total. The Balaban J connectivity index is 1.70. The number of esters is 1. The van der Waals surface area contributed by atoms with Gasteiger partial charge in [0.25, 0.3) is 5.89 Å². The lowest BCUT2D eigenvalue weighted by molar-refractivity contribution is 0.0429. The maximum Gasteiger partial charge on any atom is 0.338 e. The fourth-order valence-corrected chi connectivity index (χ4v) is 2.39. The highest BCUT2D eigenvalue weighted by Crippen LogP contribution is 2.38. The zero-order valence-corrected chi connectivity index (χ0v) is 14.1. The SMILES string of the molecule is CC(C)c1noc(COC(=O)c2cc(Cl)c3c(c2)OCCCO3)n1. The summed E-state index contributed by atoms with van der Waals surface area (Å²) in [6, 6.07) is 3.05. The first-order valence-corrected chi connectivity index (χ1v) is 8.01. The molecule has 1 aliphatic rings. The summed E-state index contributed by atoms with van der Waals surface area (Å²) in [7, 11) is 0. The Labute approximate surface area is 143 Å². The fraction of sp³-hybridized carbons (Fsp3) is 0.438. The van der Waals surface area contributed by atoms with Gasteiger partial charge in [0.2, 0.25) is 0 Å². The second kappa shape index (κ2) is 7.09. The first-order valence-electron chi connectivity index (χ1n) is 7.63. The third-order valence-corrected chi connectivity index (χ3v) is 3.65. The van der Waals surface area contributed by atoms with E-state index in [4.69, 9.17) is 30.3 Å². The van der Waals surface area contributed by atoms with Gasteiger partial charge in [-0.15, -0.1) is 0 Å². The first-order chi connectivity index (χ1) is 11.5. The predicted octanol–water partition coefficient (Wildman–Crippen LogP) is 3.36. The Hall–Kier alpha value is -2.28. The quantitative estimate of drug-likeness (QED) is 0.780. The molecular formula is C16H17ClN2O5. The molecule has 1 aromatic heterocycles. The van der Waals surface area contributed by atoms with Gasteiger partial charge in [0.05, 0.1) is 23.8 Å². The summed E-state index contributed by atoms with van der Waals surface area (Å²) >= 11 is 6.17. The maximum atomic E-state index is 12.2. The molecule has 2 heterocycles. The summed E-state index contributed by atoms with van der Waals surface area (Å²) in [5.41, 5.74) is 0.271. The molecule has 0 aliphatic carbocycles. The van der Waals surface area contributed by atoms with Crippen LogP contribution < -0.4 is 9.47 Å². The average Bonchev–Trinajstić information content (AvgIpc) is 2.90. The number of carbonyl (C=O) groups excluding carboxylic acids is 1. The summed E-state index contributed by atoms with van der Waals surface area (Å²) in [6.07, 6.45) is 0.750. The molecule has 24 heavy (non-hydrogen) atoms. The fourth-order valence-electron chi connectivity index (χ4n) is 2.12. The molecule has 0 radical (unpaired) electrons. The van der Waals surface area contributed by atoms with E-state index >= 15 is 0 Å². The molecular weight excluding hydrogens is 336 g/mol. The van der Waals surface area contributed by atoms with E-state index in [9.17, 15) is 4.79 Å². The number of carbonyl (C=O) groups is 1. The van der Waals surface area contributed by atoms with Crippen molar-refractivity contribution in [2.24, 2.45) is 0 Å². The molecule has 0 bridgehead atoms. The lowest BCUT2D eigenvalue weighted by Gasteiger charge is -2.11. The van der Waals surface area contributed by atoms with Crippen molar-refractivity contribution < 1.29 is 23.5 Å². The summed E-state index contributed by atoms with van der Waals surface area (Å²) in [5.74, 6) is 1.28. The van der Waals surface area contributed by atoms with Gasteiger partial charge in [0, 0.05) is 12.3 Å². The van der Waals surface area contributed by atoms with E-state index in [1.165, 1.54) is 6.07 Å². The van der Waals surface area contributed by atoms with Crippen LogP contribution in [0.5, 0.6) is 11.5 Å². The second-order valence-corrected chi connectivity index (χ2v) is 6.02. The van der Waals surface area contributed by atoms with Crippen LogP contribution in [0.4, 0.5) is 0 Å². The van der Waals surface area contributed by atoms with Gasteiger partial charge in [0.1, 0.15) is 0 Å². The Morgan fingerprint density at radius 2 is 2.12 bits per heavy atom. The van der Waals surface area contributed by atoms with Crippen molar-refractivity contribution in [3.8, 4) is 11.5 Å². The van der Waals surface area contributed by atoms with E-state index in [2.05, 4.69) is 10.1 Å². The molecule has 8 heteroatoms. The van der Waals surface area contributed by atoms with E-state index in [1.54, 1.807) is 6.07 Å². The molecule has 1 aromatic carbocycles. The minimum atomic E-state index is -0.558. The molecule has 0 saturated carbocycles. The highest BCUT2D eigenvalue weighted by atomic mass is 35.5. The van der Waals surface area contributed by atoms with Crippen LogP contribution in [0.3, 0.4) is 0 Å². The van der Waals surface area contributed by atoms with Gasteiger partial charge in [0.15, 0.2) is 23.9 Å². The van der Waals surface area contributed by atoms with E-state index < -0.39 is 5.97 Å². The van der Waals surface area contributed by atoms with Crippen molar-refractivity contribution in [2.45, 2.75) is 32.8 Å². The van der Waals surface area contributed by atoms with Crippen LogP contribution >= 0.6 is 11.6 Å². The average molecular weight is 353 g/mol. The molecule has 0 fully saturated rings. The van der Waals surface area contributed by atoms with Gasteiger partial charge < -0.3 is 18.7 Å². The molecule has 0 spiro atoms. The lowest BCUT2D eigenvalue weighted by atomic mass is 10.2. The van der Waals surface area contributed by atoms with Crippen molar-refractivity contribution in [3.63, 3.8) is 0 Å². The Morgan fingerprint density at radius 1 is 1.33 bits per heavy atom. The van der Waals surface area contributed by atoms with Gasteiger partial charge in [-0.25, -0.2) is 4.79 Å². The van der Waals surface area contributed by atoms with Crippen LogP contribution in [0.2, 0.25) is 5.02 Å². The topological polar surface area (TPSA) is 83.7 Å². The van der Waals surface area contributed by atoms with Crippen molar-refractivity contribution >= 4 is 17.6 Å². The minimum absolute atomic E-state index is 0.107. The second-order valence-electron chi connectivity index (χ2n) is 5.61. The Morgan fingerprint density at radius 3 is 2.88 bits per heavy atom. The van der Waals surface area contributed by atoms with Crippen molar-refractivity contribution in [1.29, 1.82) is 0 Å². The highest BCUT2D eigenvalue weighted by molar-refractivity contribution is 6.32. The van der Waals surface area contributed by atoms with Gasteiger partial charge in [-0.3, -0.25) is 0 Å². The molecule has 2 aromatic rings. The molecule has 0 amide bonds. The van der Waals surface area contributed by atoms with Crippen LogP contribution in [-0.4, -0.2) is 29.3 Å². The molecule has 1 aliphatic heterocycles. The van der Waals surface area contributed by atoms with Crippen molar-refractivity contribution in [1.82, 2.24) is 10.1 Å². The third kappa shape index (κ3) is 3.62. The van der Waals surface area contributed by atoms with E-state index in [0.29, 0.717) is 35.6 Å². The molecule has 128 valence electrons. The number of hydrogen-bond donors (Lipinski definition) is 0. The van der Waals surface area contributed by atoms with Crippen LogP contribution in [0.15, 0.2) is 16.7 Å². The summed E-state index contributed by atoms with van der Waals surface area (Å²) < 4.78 is 21.3. The number of halogens is 1. The number of hydrogen-bond acceptors (Lipinski definition) is 7. The van der Waals surface area contributed by atoms with Gasteiger partial charge in [-0.1, -0.05) is 30.6 Å². The van der Waals surface area contributed by atoms with E-state index in [0.717, 1.165) is 6.42 Å². The number of benzene rings is 1. The first kappa shape index (κ1) is 16.6. The summed E-state index contributed by atoms with van der Waals surface area (Å²) in [4.78, 5) is 16.4. The molecule has 0 unspecified atom stereocenters. The van der Waals surface area contributed by atoms with Gasteiger partial charge in [-0.2, -0.15) is 4.98 Å². The van der Waals surface area contributed by atoms with Crippen LogP contribution in [0.1, 0.15) is 48.3 Å².